The Bertz CT molecular complexity index is 1100. The van der Waals surface area contributed by atoms with Gasteiger partial charge in [0.1, 0.15) is 5.82 Å². The molecule has 4 rings (SSSR count). The van der Waals surface area contributed by atoms with Crippen LogP contribution in [-0.4, -0.2) is 40.9 Å². The fraction of sp³-hybridized carbons (Fsp3) is 0.381. The molecule has 1 aliphatic rings. The third kappa shape index (κ3) is 4.36. The van der Waals surface area contributed by atoms with Crippen LogP contribution in [0.15, 0.2) is 52.0 Å². The lowest BCUT2D eigenvalue weighted by atomic mass is 10.2. The first kappa shape index (κ1) is 20.5. The van der Waals surface area contributed by atoms with Crippen molar-refractivity contribution < 1.29 is 12.9 Å². The van der Waals surface area contributed by atoms with Crippen LogP contribution >= 0.6 is 0 Å². The summed E-state index contributed by atoms with van der Waals surface area (Å²) in [5, 5.41) is 7.25. The maximum Gasteiger partial charge on any atom is 0.258 e. The average Bonchev–Trinajstić information content (AvgIpc) is 3.45. The number of nitrogens with one attached hydrogen (secondary N) is 1. The topological polar surface area (TPSA) is 101 Å². The lowest BCUT2D eigenvalue weighted by Gasteiger charge is -2.15. The SMILES string of the molecule is CC(C)c1noc(-c2ccnc(NCc3ccc(S(=O)(=O)N4CCCC4)cc3)c2)n1. The predicted molar refractivity (Wildman–Crippen MR) is 113 cm³/mol. The van der Waals surface area contributed by atoms with E-state index in [-0.39, 0.29) is 5.92 Å². The first-order chi connectivity index (χ1) is 14.4. The maximum atomic E-state index is 12.6. The summed E-state index contributed by atoms with van der Waals surface area (Å²) in [6, 6.07) is 10.7. The number of hydrogen-bond donors (Lipinski definition) is 1. The summed E-state index contributed by atoms with van der Waals surface area (Å²) in [4.78, 5) is 9.08. The third-order valence-corrected chi connectivity index (χ3v) is 6.98. The molecule has 3 heterocycles. The number of hydrogen-bond acceptors (Lipinski definition) is 7. The second-order valence-corrected chi connectivity index (χ2v) is 9.59. The van der Waals surface area contributed by atoms with Gasteiger partial charge in [-0.15, -0.1) is 0 Å². The largest absolute Gasteiger partial charge is 0.366 e. The Morgan fingerprint density at radius 1 is 1.13 bits per heavy atom. The van der Waals surface area contributed by atoms with E-state index in [0.29, 0.717) is 42.1 Å². The van der Waals surface area contributed by atoms with Gasteiger partial charge in [0.15, 0.2) is 5.82 Å². The standard InChI is InChI=1S/C21H25N5O3S/c1-15(2)20-24-21(29-25-20)17-9-10-22-19(13-17)23-14-16-5-7-18(8-6-16)30(27,28)26-11-3-4-12-26/h5-10,13,15H,3-4,11-12,14H2,1-2H3,(H,22,23). The molecule has 0 radical (unpaired) electrons. The van der Waals surface area contributed by atoms with Crippen molar-refractivity contribution in [3.8, 4) is 11.5 Å². The van der Waals surface area contributed by atoms with Crippen LogP contribution in [0, 0.1) is 0 Å². The summed E-state index contributed by atoms with van der Waals surface area (Å²) >= 11 is 0. The van der Waals surface area contributed by atoms with Gasteiger partial charge < -0.3 is 9.84 Å². The van der Waals surface area contributed by atoms with Gasteiger partial charge in [-0.3, -0.25) is 0 Å². The van der Waals surface area contributed by atoms with Crippen LogP contribution in [0.1, 0.15) is 44.0 Å². The quantitative estimate of drug-likeness (QED) is 0.614. The molecule has 0 atom stereocenters. The molecular weight excluding hydrogens is 402 g/mol. The first-order valence-electron chi connectivity index (χ1n) is 10.1. The molecule has 158 valence electrons. The van der Waals surface area contributed by atoms with Crippen LogP contribution in [0.4, 0.5) is 5.82 Å². The summed E-state index contributed by atoms with van der Waals surface area (Å²) in [7, 11) is -3.39. The maximum absolute atomic E-state index is 12.6. The van der Waals surface area contributed by atoms with E-state index in [1.807, 2.05) is 38.1 Å². The van der Waals surface area contributed by atoms with Gasteiger partial charge in [-0.25, -0.2) is 13.4 Å². The summed E-state index contributed by atoms with van der Waals surface area (Å²) in [6.45, 7) is 5.74. The van der Waals surface area contributed by atoms with Gasteiger partial charge in [-0.2, -0.15) is 9.29 Å². The molecule has 8 nitrogen and oxygen atoms in total. The Labute approximate surface area is 176 Å². The van der Waals surface area contributed by atoms with E-state index in [1.54, 1.807) is 22.6 Å². The zero-order valence-electron chi connectivity index (χ0n) is 17.1. The fourth-order valence-electron chi connectivity index (χ4n) is 3.30. The van der Waals surface area contributed by atoms with Crippen LogP contribution in [0.2, 0.25) is 0 Å². The molecule has 0 saturated carbocycles. The van der Waals surface area contributed by atoms with Gasteiger partial charge in [0.05, 0.1) is 4.90 Å². The molecule has 0 unspecified atom stereocenters. The smallest absolute Gasteiger partial charge is 0.258 e. The van der Waals surface area contributed by atoms with Gasteiger partial charge in [-0.05, 0) is 42.7 Å². The van der Waals surface area contributed by atoms with Gasteiger partial charge in [0, 0.05) is 37.3 Å². The van der Waals surface area contributed by atoms with Crippen LogP contribution in [0.5, 0.6) is 0 Å². The zero-order chi connectivity index (χ0) is 21.1. The van der Waals surface area contributed by atoms with Crippen molar-refractivity contribution in [2.45, 2.75) is 44.0 Å². The molecule has 30 heavy (non-hydrogen) atoms. The number of nitrogens with zero attached hydrogens (tertiary/aromatic N) is 4. The third-order valence-electron chi connectivity index (χ3n) is 5.06. The van der Waals surface area contributed by atoms with Gasteiger partial charge in [0.25, 0.3) is 5.89 Å². The minimum absolute atomic E-state index is 0.194. The molecular formula is C21H25N5O3S. The Hall–Kier alpha value is -2.78. The molecule has 1 saturated heterocycles. The van der Waals surface area contributed by atoms with Gasteiger partial charge >= 0.3 is 0 Å². The monoisotopic (exact) mass is 427 g/mol. The predicted octanol–water partition coefficient (Wildman–Crippen LogP) is 3.65. The molecule has 3 aromatic rings. The van der Waals surface area contributed by atoms with Crippen molar-refractivity contribution in [3.63, 3.8) is 0 Å². The normalized spacial score (nSPS) is 15.0. The van der Waals surface area contributed by atoms with E-state index in [2.05, 4.69) is 20.4 Å². The van der Waals surface area contributed by atoms with Crippen LogP contribution in [-0.2, 0) is 16.6 Å². The zero-order valence-corrected chi connectivity index (χ0v) is 17.9. The lowest BCUT2D eigenvalue weighted by molar-refractivity contribution is 0.419. The molecule has 0 amide bonds. The van der Waals surface area contributed by atoms with Crippen LogP contribution < -0.4 is 5.32 Å². The first-order valence-corrected chi connectivity index (χ1v) is 11.5. The van der Waals surface area contributed by atoms with E-state index in [4.69, 9.17) is 4.52 Å². The second-order valence-electron chi connectivity index (χ2n) is 7.65. The van der Waals surface area contributed by atoms with Crippen molar-refractivity contribution in [2.75, 3.05) is 18.4 Å². The number of sulfonamides is 1. The van der Waals surface area contributed by atoms with E-state index in [1.165, 1.54) is 0 Å². The Morgan fingerprint density at radius 3 is 2.53 bits per heavy atom. The lowest BCUT2D eigenvalue weighted by Crippen LogP contribution is -2.27. The molecule has 0 aliphatic carbocycles. The Morgan fingerprint density at radius 2 is 1.87 bits per heavy atom. The van der Waals surface area contributed by atoms with Crippen molar-refractivity contribution >= 4 is 15.8 Å². The number of pyridine rings is 1. The molecule has 1 aliphatic heterocycles. The molecule has 1 aromatic carbocycles. The highest BCUT2D eigenvalue weighted by atomic mass is 32.2. The van der Waals surface area contributed by atoms with Gasteiger partial charge in [-0.1, -0.05) is 31.1 Å². The number of anilines is 1. The molecule has 1 fully saturated rings. The van der Waals surface area contributed by atoms with Crippen molar-refractivity contribution in [3.05, 3.63) is 54.0 Å². The van der Waals surface area contributed by atoms with Crippen molar-refractivity contribution in [2.24, 2.45) is 0 Å². The summed E-state index contributed by atoms with van der Waals surface area (Å²) in [5.41, 5.74) is 1.75. The average molecular weight is 428 g/mol. The second kappa shape index (κ2) is 8.53. The number of rotatable bonds is 7. The fourth-order valence-corrected chi connectivity index (χ4v) is 4.81. The highest BCUT2D eigenvalue weighted by Gasteiger charge is 2.26. The summed E-state index contributed by atoms with van der Waals surface area (Å²) in [6.07, 6.45) is 3.54. The number of aromatic nitrogens is 3. The molecule has 9 heteroatoms. The number of benzene rings is 1. The molecule has 0 bridgehead atoms. The Kier molecular flexibility index (Phi) is 5.83. The Balaban J connectivity index is 1.42. The summed E-state index contributed by atoms with van der Waals surface area (Å²) in [5.74, 6) is 1.99. The molecule has 1 N–H and O–H groups in total. The van der Waals surface area contributed by atoms with Crippen LogP contribution in [0.25, 0.3) is 11.5 Å². The van der Waals surface area contributed by atoms with Gasteiger partial charge in [0.2, 0.25) is 10.0 Å². The van der Waals surface area contributed by atoms with Crippen LogP contribution in [0.3, 0.4) is 0 Å². The van der Waals surface area contributed by atoms with E-state index < -0.39 is 10.0 Å². The minimum Gasteiger partial charge on any atom is -0.366 e. The van der Waals surface area contributed by atoms with Crippen molar-refractivity contribution in [1.29, 1.82) is 0 Å². The highest BCUT2D eigenvalue weighted by Crippen LogP contribution is 2.23. The van der Waals surface area contributed by atoms with E-state index in [0.717, 1.165) is 24.0 Å². The molecule has 2 aromatic heterocycles. The molecule has 0 spiro atoms. The van der Waals surface area contributed by atoms with E-state index >= 15 is 0 Å². The minimum atomic E-state index is -3.39. The summed E-state index contributed by atoms with van der Waals surface area (Å²) < 4.78 is 32.1. The van der Waals surface area contributed by atoms with E-state index in [9.17, 15) is 8.42 Å². The highest BCUT2D eigenvalue weighted by molar-refractivity contribution is 7.89. The van der Waals surface area contributed by atoms with Crippen molar-refractivity contribution in [1.82, 2.24) is 19.4 Å².